The lowest BCUT2D eigenvalue weighted by molar-refractivity contribution is 0.104. The van der Waals surface area contributed by atoms with Crippen LogP contribution < -0.4 is 10.6 Å². The largest absolute Gasteiger partial charge is 0.335 e. The second-order valence-corrected chi connectivity index (χ2v) is 7.83. The molecule has 29 heavy (non-hydrogen) atoms. The van der Waals surface area contributed by atoms with Gasteiger partial charge in [-0.25, -0.2) is 14.3 Å². The molecule has 0 unspecified atom stereocenters. The molecule has 0 saturated heterocycles. The number of hydrogen-bond acceptors (Lipinski definition) is 5. The third-order valence-corrected chi connectivity index (χ3v) is 5.59. The maximum atomic E-state index is 12.8. The summed E-state index contributed by atoms with van der Waals surface area (Å²) < 4.78 is 1.66. The number of urea groups is 1. The number of anilines is 1. The van der Waals surface area contributed by atoms with Gasteiger partial charge in [-0.3, -0.25) is 4.79 Å². The molecule has 0 atom stereocenters. The van der Waals surface area contributed by atoms with Crippen LogP contribution in [0, 0.1) is 0 Å². The highest BCUT2D eigenvalue weighted by Gasteiger charge is 2.23. The number of nitrogens with one attached hydrogen (secondary N) is 2. The second kappa shape index (κ2) is 7.14. The highest BCUT2D eigenvalue weighted by molar-refractivity contribution is 7.12. The van der Waals surface area contributed by atoms with E-state index in [0.717, 1.165) is 24.1 Å². The normalized spacial score (nSPS) is 13.4. The number of hydrogen-bond donors (Lipinski definition) is 2. The number of carbonyl (C=O) groups is 2. The van der Waals surface area contributed by atoms with Crippen LogP contribution in [0.15, 0.2) is 60.2 Å². The van der Waals surface area contributed by atoms with Gasteiger partial charge in [0.05, 0.1) is 22.3 Å². The predicted molar refractivity (Wildman–Crippen MR) is 111 cm³/mol. The zero-order valence-electron chi connectivity index (χ0n) is 15.3. The highest BCUT2D eigenvalue weighted by Crippen LogP contribution is 2.25. The van der Waals surface area contributed by atoms with Crippen LogP contribution in [0.1, 0.15) is 28.1 Å². The highest BCUT2D eigenvalue weighted by atomic mass is 32.1. The third-order valence-electron chi connectivity index (χ3n) is 4.72. The number of carbonyl (C=O) groups excluding carboxylic acids is 2. The SMILES string of the molecule is O=C(Nc1cccc(-c2ccnc3c(C(=O)c4cccs4)cnn23)c1)NC1CC1. The minimum Gasteiger partial charge on any atom is -0.335 e. The summed E-state index contributed by atoms with van der Waals surface area (Å²) in [6.07, 6.45) is 5.29. The number of ketones is 1. The van der Waals surface area contributed by atoms with E-state index in [0.29, 0.717) is 27.8 Å². The van der Waals surface area contributed by atoms with Gasteiger partial charge in [-0.05, 0) is 42.5 Å². The molecule has 1 aromatic carbocycles. The topological polar surface area (TPSA) is 88.4 Å². The van der Waals surface area contributed by atoms with Gasteiger partial charge in [0.2, 0.25) is 5.78 Å². The summed E-state index contributed by atoms with van der Waals surface area (Å²) >= 11 is 1.39. The average Bonchev–Trinajstić information content (AvgIpc) is 3.21. The summed E-state index contributed by atoms with van der Waals surface area (Å²) in [5, 5.41) is 12.0. The van der Waals surface area contributed by atoms with E-state index in [-0.39, 0.29) is 11.8 Å². The zero-order chi connectivity index (χ0) is 19.8. The Labute approximate surface area is 170 Å². The number of aromatic nitrogens is 3. The summed E-state index contributed by atoms with van der Waals surface area (Å²) in [5.74, 6) is -0.0909. The first-order chi connectivity index (χ1) is 14.2. The van der Waals surface area contributed by atoms with Crippen molar-refractivity contribution in [3.8, 4) is 11.3 Å². The van der Waals surface area contributed by atoms with Crippen molar-refractivity contribution in [2.24, 2.45) is 0 Å². The molecule has 1 aliphatic carbocycles. The Bertz CT molecular complexity index is 1210. The number of benzene rings is 1. The van der Waals surface area contributed by atoms with Gasteiger partial charge < -0.3 is 10.6 Å². The molecule has 2 amide bonds. The number of rotatable bonds is 5. The van der Waals surface area contributed by atoms with E-state index in [4.69, 9.17) is 0 Å². The summed E-state index contributed by atoms with van der Waals surface area (Å²) in [6.45, 7) is 0. The quantitative estimate of drug-likeness (QED) is 0.494. The van der Waals surface area contributed by atoms with Gasteiger partial charge in [-0.1, -0.05) is 18.2 Å². The van der Waals surface area contributed by atoms with Crippen LogP contribution in [0.25, 0.3) is 16.9 Å². The lowest BCUT2D eigenvalue weighted by atomic mass is 10.1. The third kappa shape index (κ3) is 3.50. The van der Waals surface area contributed by atoms with Crippen LogP contribution in [0.5, 0.6) is 0 Å². The molecular weight excluding hydrogens is 386 g/mol. The van der Waals surface area contributed by atoms with Gasteiger partial charge in [-0.2, -0.15) is 5.10 Å². The van der Waals surface area contributed by atoms with E-state index in [1.807, 2.05) is 41.8 Å². The maximum Gasteiger partial charge on any atom is 0.319 e. The second-order valence-electron chi connectivity index (χ2n) is 6.88. The zero-order valence-corrected chi connectivity index (χ0v) is 16.1. The van der Waals surface area contributed by atoms with Crippen molar-refractivity contribution >= 4 is 34.5 Å². The Morgan fingerprint density at radius 2 is 2.03 bits per heavy atom. The van der Waals surface area contributed by atoms with Crippen molar-refractivity contribution in [3.63, 3.8) is 0 Å². The minimum absolute atomic E-state index is 0.0909. The van der Waals surface area contributed by atoms with Crippen molar-refractivity contribution in [2.75, 3.05) is 5.32 Å². The van der Waals surface area contributed by atoms with E-state index in [2.05, 4.69) is 20.7 Å². The summed E-state index contributed by atoms with van der Waals surface area (Å²) in [4.78, 5) is 29.8. The summed E-state index contributed by atoms with van der Waals surface area (Å²) in [6, 6.07) is 13.1. The van der Waals surface area contributed by atoms with Crippen LogP contribution in [0.4, 0.5) is 10.5 Å². The maximum absolute atomic E-state index is 12.8. The molecule has 7 nitrogen and oxygen atoms in total. The van der Waals surface area contributed by atoms with Crippen LogP contribution >= 0.6 is 11.3 Å². The molecule has 3 heterocycles. The average molecular weight is 403 g/mol. The molecule has 0 bridgehead atoms. The lowest BCUT2D eigenvalue weighted by Gasteiger charge is -2.09. The van der Waals surface area contributed by atoms with Gasteiger partial charge in [0.1, 0.15) is 0 Å². The molecule has 8 heteroatoms. The van der Waals surface area contributed by atoms with Gasteiger partial charge in [0.15, 0.2) is 5.65 Å². The Hall–Kier alpha value is -3.52. The molecule has 0 aliphatic heterocycles. The fourth-order valence-corrected chi connectivity index (χ4v) is 3.83. The van der Waals surface area contributed by atoms with E-state index >= 15 is 0 Å². The van der Waals surface area contributed by atoms with Crippen molar-refractivity contribution in [1.29, 1.82) is 0 Å². The van der Waals surface area contributed by atoms with Crippen molar-refractivity contribution in [1.82, 2.24) is 19.9 Å². The number of thiophene rings is 1. The Morgan fingerprint density at radius 1 is 1.14 bits per heavy atom. The molecule has 0 spiro atoms. The number of fused-ring (bicyclic) bond motifs is 1. The van der Waals surface area contributed by atoms with Gasteiger partial charge in [-0.15, -0.1) is 11.3 Å². The summed E-state index contributed by atoms with van der Waals surface area (Å²) in [5.41, 5.74) is 3.30. The van der Waals surface area contributed by atoms with E-state index in [9.17, 15) is 9.59 Å². The standard InChI is InChI=1S/C21H17N5O2S/c27-19(18-5-2-10-29-18)16-12-23-26-17(8-9-22-20(16)26)13-3-1-4-15(11-13)25-21(28)24-14-6-7-14/h1-5,8-12,14H,6-7H2,(H2,24,25,28). The Balaban J connectivity index is 1.48. The lowest BCUT2D eigenvalue weighted by Crippen LogP contribution is -2.30. The van der Waals surface area contributed by atoms with Crippen LogP contribution in [-0.2, 0) is 0 Å². The van der Waals surface area contributed by atoms with Gasteiger partial charge in [0.25, 0.3) is 0 Å². The molecule has 1 fully saturated rings. The fraction of sp³-hybridized carbons (Fsp3) is 0.143. The van der Waals surface area contributed by atoms with Gasteiger partial charge >= 0.3 is 6.03 Å². The number of nitrogens with zero attached hydrogens (tertiary/aromatic N) is 3. The molecule has 0 radical (unpaired) electrons. The molecule has 5 rings (SSSR count). The Kier molecular flexibility index (Phi) is 4.33. The molecule has 144 valence electrons. The van der Waals surface area contributed by atoms with Crippen molar-refractivity contribution in [2.45, 2.75) is 18.9 Å². The number of amides is 2. The van der Waals surface area contributed by atoms with E-state index in [1.165, 1.54) is 11.3 Å². The predicted octanol–water partition coefficient (Wildman–Crippen LogP) is 3.97. The van der Waals surface area contributed by atoms with Crippen LogP contribution in [0.3, 0.4) is 0 Å². The minimum atomic E-state index is -0.201. The molecule has 2 N–H and O–H groups in total. The Morgan fingerprint density at radius 3 is 2.83 bits per heavy atom. The fourth-order valence-electron chi connectivity index (χ4n) is 3.15. The molecular formula is C21H17N5O2S. The first kappa shape index (κ1) is 17.6. The smallest absolute Gasteiger partial charge is 0.319 e. The van der Waals surface area contributed by atoms with E-state index in [1.54, 1.807) is 23.0 Å². The monoisotopic (exact) mass is 403 g/mol. The molecule has 3 aromatic heterocycles. The molecule has 1 saturated carbocycles. The van der Waals surface area contributed by atoms with Gasteiger partial charge in [0, 0.05) is 23.5 Å². The molecule has 1 aliphatic rings. The first-order valence-corrected chi connectivity index (χ1v) is 10.2. The van der Waals surface area contributed by atoms with Crippen molar-refractivity contribution in [3.05, 3.63) is 70.7 Å². The van der Waals surface area contributed by atoms with Crippen molar-refractivity contribution < 1.29 is 9.59 Å². The first-order valence-electron chi connectivity index (χ1n) is 9.28. The summed E-state index contributed by atoms with van der Waals surface area (Å²) in [7, 11) is 0. The van der Waals surface area contributed by atoms with Crippen LogP contribution in [-0.4, -0.2) is 32.5 Å². The van der Waals surface area contributed by atoms with E-state index < -0.39 is 0 Å². The van der Waals surface area contributed by atoms with Crippen LogP contribution in [0.2, 0.25) is 0 Å². The molecule has 4 aromatic rings.